The highest BCUT2D eigenvalue weighted by Crippen LogP contribution is 2.30. The number of rotatable bonds is 4. The van der Waals surface area contributed by atoms with E-state index in [1.54, 1.807) is 24.3 Å². The molecule has 2 nitrogen and oxygen atoms in total. The Morgan fingerprint density at radius 3 is 2.62 bits per heavy atom. The molecule has 0 saturated carbocycles. The SMILES string of the molecule is Cc1cccc(C(=O)C[C@H](C#N)c2ccc(Cl)cc2Cl)c1. The van der Waals surface area contributed by atoms with Crippen molar-refractivity contribution >= 4 is 29.0 Å². The van der Waals surface area contributed by atoms with Gasteiger partial charge in [0.25, 0.3) is 0 Å². The Hall–Kier alpha value is -1.82. The average Bonchev–Trinajstić information content (AvgIpc) is 2.45. The van der Waals surface area contributed by atoms with Crippen LogP contribution in [0.4, 0.5) is 0 Å². The monoisotopic (exact) mass is 317 g/mol. The summed E-state index contributed by atoms with van der Waals surface area (Å²) in [7, 11) is 0. The summed E-state index contributed by atoms with van der Waals surface area (Å²) in [5, 5.41) is 10.2. The van der Waals surface area contributed by atoms with E-state index in [0.29, 0.717) is 21.2 Å². The highest BCUT2D eigenvalue weighted by atomic mass is 35.5. The first-order chi connectivity index (χ1) is 10.0. The Morgan fingerprint density at radius 2 is 2.00 bits per heavy atom. The van der Waals surface area contributed by atoms with E-state index in [1.165, 1.54) is 0 Å². The van der Waals surface area contributed by atoms with Crippen molar-refractivity contribution in [1.82, 2.24) is 0 Å². The van der Waals surface area contributed by atoms with Gasteiger partial charge in [-0.05, 0) is 30.7 Å². The fraction of sp³-hybridized carbons (Fsp3) is 0.176. The first-order valence-electron chi connectivity index (χ1n) is 6.45. The summed E-state index contributed by atoms with van der Waals surface area (Å²) in [6.45, 7) is 1.93. The molecule has 0 aromatic heterocycles. The van der Waals surface area contributed by atoms with Crippen LogP contribution in [0.2, 0.25) is 10.0 Å². The Balaban J connectivity index is 2.23. The van der Waals surface area contributed by atoms with Gasteiger partial charge in [0.05, 0.1) is 12.0 Å². The second-order valence-electron chi connectivity index (χ2n) is 4.84. The predicted molar refractivity (Wildman–Crippen MR) is 84.9 cm³/mol. The van der Waals surface area contributed by atoms with E-state index in [2.05, 4.69) is 6.07 Å². The zero-order valence-electron chi connectivity index (χ0n) is 11.4. The van der Waals surface area contributed by atoms with E-state index in [-0.39, 0.29) is 12.2 Å². The Bertz CT molecular complexity index is 719. The Kier molecular flexibility index (Phi) is 5.01. The highest BCUT2D eigenvalue weighted by molar-refractivity contribution is 6.35. The smallest absolute Gasteiger partial charge is 0.164 e. The third-order valence-corrected chi connectivity index (χ3v) is 3.79. The quantitative estimate of drug-likeness (QED) is 0.729. The molecule has 4 heteroatoms. The summed E-state index contributed by atoms with van der Waals surface area (Å²) in [6.07, 6.45) is 0.0985. The summed E-state index contributed by atoms with van der Waals surface area (Å²) in [6, 6.07) is 14.4. The van der Waals surface area contributed by atoms with Crippen molar-refractivity contribution in [2.24, 2.45) is 0 Å². The molecule has 2 aromatic carbocycles. The Morgan fingerprint density at radius 1 is 1.24 bits per heavy atom. The number of carbonyl (C=O) groups is 1. The minimum atomic E-state index is -0.581. The lowest BCUT2D eigenvalue weighted by molar-refractivity contribution is 0.0979. The minimum Gasteiger partial charge on any atom is -0.294 e. The molecule has 0 spiro atoms. The number of aryl methyl sites for hydroxylation is 1. The van der Waals surface area contributed by atoms with Crippen molar-refractivity contribution in [3.05, 3.63) is 69.2 Å². The lowest BCUT2D eigenvalue weighted by atomic mass is 9.92. The van der Waals surface area contributed by atoms with Gasteiger partial charge in [0.1, 0.15) is 0 Å². The molecule has 0 amide bonds. The zero-order chi connectivity index (χ0) is 15.4. The first-order valence-corrected chi connectivity index (χ1v) is 7.21. The molecule has 0 saturated heterocycles. The van der Waals surface area contributed by atoms with E-state index in [0.717, 1.165) is 5.56 Å². The molecule has 2 aromatic rings. The maximum Gasteiger partial charge on any atom is 0.164 e. The van der Waals surface area contributed by atoms with E-state index in [1.807, 2.05) is 25.1 Å². The fourth-order valence-electron chi connectivity index (χ4n) is 2.13. The van der Waals surface area contributed by atoms with Crippen molar-refractivity contribution < 1.29 is 4.79 Å². The molecule has 2 rings (SSSR count). The third-order valence-electron chi connectivity index (χ3n) is 3.22. The van der Waals surface area contributed by atoms with Gasteiger partial charge in [-0.25, -0.2) is 0 Å². The van der Waals surface area contributed by atoms with E-state index < -0.39 is 5.92 Å². The van der Waals surface area contributed by atoms with Crippen LogP contribution in [0.25, 0.3) is 0 Å². The van der Waals surface area contributed by atoms with Gasteiger partial charge in [0, 0.05) is 22.0 Å². The van der Waals surface area contributed by atoms with Crippen LogP contribution in [0, 0.1) is 18.3 Å². The molecule has 0 heterocycles. The molecule has 0 radical (unpaired) electrons. The minimum absolute atomic E-state index is 0.0729. The zero-order valence-corrected chi connectivity index (χ0v) is 12.9. The summed E-state index contributed by atoms with van der Waals surface area (Å²) in [5.41, 5.74) is 2.25. The molecular formula is C17H13Cl2NO. The van der Waals surface area contributed by atoms with Crippen LogP contribution in [-0.2, 0) is 0 Å². The molecule has 0 aliphatic rings. The van der Waals surface area contributed by atoms with Gasteiger partial charge in [-0.15, -0.1) is 0 Å². The molecule has 106 valence electrons. The second kappa shape index (κ2) is 6.76. The molecule has 0 fully saturated rings. The summed E-state index contributed by atoms with van der Waals surface area (Å²) < 4.78 is 0. The first kappa shape index (κ1) is 15.6. The van der Waals surface area contributed by atoms with E-state index in [4.69, 9.17) is 23.2 Å². The van der Waals surface area contributed by atoms with Gasteiger partial charge < -0.3 is 0 Å². The molecule has 0 aliphatic carbocycles. The van der Waals surface area contributed by atoms with Gasteiger partial charge in [-0.1, -0.05) is 53.0 Å². The van der Waals surface area contributed by atoms with Crippen LogP contribution in [0.5, 0.6) is 0 Å². The molecule has 1 atom stereocenters. The van der Waals surface area contributed by atoms with Gasteiger partial charge in [0.15, 0.2) is 5.78 Å². The van der Waals surface area contributed by atoms with Gasteiger partial charge in [0.2, 0.25) is 0 Å². The fourth-order valence-corrected chi connectivity index (χ4v) is 2.67. The van der Waals surface area contributed by atoms with Crippen LogP contribution >= 0.6 is 23.2 Å². The number of benzene rings is 2. The number of Topliss-reactive ketones (excluding diaryl/α,β-unsaturated/α-hetero) is 1. The van der Waals surface area contributed by atoms with Crippen LogP contribution < -0.4 is 0 Å². The van der Waals surface area contributed by atoms with Crippen LogP contribution in [0.15, 0.2) is 42.5 Å². The normalized spacial score (nSPS) is 11.7. The van der Waals surface area contributed by atoms with E-state index in [9.17, 15) is 10.1 Å². The lowest BCUT2D eigenvalue weighted by Crippen LogP contribution is -2.07. The van der Waals surface area contributed by atoms with Crippen molar-refractivity contribution in [3.63, 3.8) is 0 Å². The number of ketones is 1. The van der Waals surface area contributed by atoms with Gasteiger partial charge >= 0.3 is 0 Å². The number of carbonyl (C=O) groups excluding carboxylic acids is 1. The number of halogens is 2. The summed E-state index contributed by atoms with van der Waals surface area (Å²) >= 11 is 12.0. The largest absolute Gasteiger partial charge is 0.294 e. The number of hydrogen-bond acceptors (Lipinski definition) is 2. The van der Waals surface area contributed by atoms with Crippen molar-refractivity contribution in [3.8, 4) is 6.07 Å². The Labute approximate surface area is 133 Å². The standard InChI is InChI=1S/C17H13Cl2NO/c1-11-3-2-4-12(7-11)17(21)8-13(10-20)15-6-5-14(18)9-16(15)19/h2-7,9,13H,8H2,1H3/t13-/m1/s1. The number of hydrogen-bond donors (Lipinski definition) is 0. The lowest BCUT2D eigenvalue weighted by Gasteiger charge is -2.11. The van der Waals surface area contributed by atoms with Crippen molar-refractivity contribution in [2.75, 3.05) is 0 Å². The molecule has 0 unspecified atom stereocenters. The number of nitrogens with zero attached hydrogens (tertiary/aromatic N) is 1. The van der Waals surface area contributed by atoms with Gasteiger partial charge in [-0.2, -0.15) is 5.26 Å². The molecule has 21 heavy (non-hydrogen) atoms. The average molecular weight is 318 g/mol. The van der Waals surface area contributed by atoms with Crippen LogP contribution in [0.1, 0.15) is 33.8 Å². The highest BCUT2D eigenvalue weighted by Gasteiger charge is 2.19. The van der Waals surface area contributed by atoms with Crippen LogP contribution in [0.3, 0.4) is 0 Å². The third kappa shape index (κ3) is 3.85. The predicted octanol–water partition coefficient (Wildman–Crippen LogP) is 5.18. The van der Waals surface area contributed by atoms with Crippen molar-refractivity contribution in [1.29, 1.82) is 5.26 Å². The van der Waals surface area contributed by atoms with E-state index >= 15 is 0 Å². The van der Waals surface area contributed by atoms with Gasteiger partial charge in [-0.3, -0.25) is 4.79 Å². The summed E-state index contributed by atoms with van der Waals surface area (Å²) in [5.74, 6) is -0.654. The second-order valence-corrected chi connectivity index (χ2v) is 5.69. The molecular weight excluding hydrogens is 305 g/mol. The van der Waals surface area contributed by atoms with Crippen molar-refractivity contribution in [2.45, 2.75) is 19.3 Å². The van der Waals surface area contributed by atoms with Crippen LogP contribution in [-0.4, -0.2) is 5.78 Å². The number of nitriles is 1. The molecule has 0 N–H and O–H groups in total. The topological polar surface area (TPSA) is 40.9 Å². The molecule has 0 bridgehead atoms. The maximum atomic E-state index is 12.3. The summed E-state index contributed by atoms with van der Waals surface area (Å²) in [4.78, 5) is 12.3. The molecule has 0 aliphatic heterocycles. The maximum absolute atomic E-state index is 12.3.